The lowest BCUT2D eigenvalue weighted by atomic mass is 10.1. The van der Waals surface area contributed by atoms with Gasteiger partial charge in [0.25, 0.3) is 5.22 Å². The van der Waals surface area contributed by atoms with E-state index in [1.54, 1.807) is 26.2 Å². The molecule has 0 fully saturated rings. The second-order valence-electron chi connectivity index (χ2n) is 6.12. The molecular formula is C20H22N2O4S. The predicted octanol–water partition coefficient (Wildman–Crippen LogP) is 3.90. The Morgan fingerprint density at radius 3 is 2.59 bits per heavy atom. The number of carbonyl (C=O) groups excluding carboxylic acids is 1. The third-order valence-electron chi connectivity index (χ3n) is 4.27. The number of hydrogen-bond acceptors (Lipinski definition) is 6. The van der Waals surface area contributed by atoms with Gasteiger partial charge in [0.1, 0.15) is 5.52 Å². The van der Waals surface area contributed by atoms with Crippen LogP contribution in [-0.2, 0) is 11.3 Å². The first-order valence-corrected chi connectivity index (χ1v) is 9.44. The van der Waals surface area contributed by atoms with E-state index in [2.05, 4.69) is 4.98 Å². The number of amides is 1. The van der Waals surface area contributed by atoms with Crippen molar-refractivity contribution in [2.45, 2.75) is 18.7 Å². The topological polar surface area (TPSA) is 64.8 Å². The standard InChI is InChI=1S/C20H22N2O4S/c1-13-9-17(24-3)18(25-4)10-14(13)11-22(2)19(23)12-27-20-21-15-7-5-6-8-16(15)26-20/h5-10H,11-12H2,1-4H3. The van der Waals surface area contributed by atoms with Gasteiger partial charge in [-0.1, -0.05) is 23.9 Å². The fourth-order valence-corrected chi connectivity index (χ4v) is 3.46. The molecule has 0 saturated carbocycles. The Labute approximate surface area is 162 Å². The van der Waals surface area contributed by atoms with E-state index in [0.29, 0.717) is 23.3 Å². The van der Waals surface area contributed by atoms with E-state index in [-0.39, 0.29) is 11.7 Å². The monoisotopic (exact) mass is 386 g/mol. The Balaban J connectivity index is 1.63. The Morgan fingerprint density at radius 1 is 1.19 bits per heavy atom. The lowest BCUT2D eigenvalue weighted by molar-refractivity contribution is -0.127. The molecule has 0 unspecified atom stereocenters. The van der Waals surface area contributed by atoms with Crippen molar-refractivity contribution in [1.29, 1.82) is 0 Å². The lowest BCUT2D eigenvalue weighted by Crippen LogP contribution is -2.28. The highest BCUT2D eigenvalue weighted by molar-refractivity contribution is 7.99. The van der Waals surface area contributed by atoms with Crippen LogP contribution in [0.4, 0.5) is 0 Å². The molecule has 0 aliphatic carbocycles. The van der Waals surface area contributed by atoms with Gasteiger partial charge >= 0.3 is 0 Å². The number of benzene rings is 2. The Kier molecular flexibility index (Phi) is 5.91. The summed E-state index contributed by atoms with van der Waals surface area (Å²) in [4.78, 5) is 18.6. The van der Waals surface area contributed by atoms with Crippen LogP contribution in [0.3, 0.4) is 0 Å². The zero-order valence-electron chi connectivity index (χ0n) is 15.8. The molecule has 1 heterocycles. The van der Waals surface area contributed by atoms with Crippen LogP contribution in [0.15, 0.2) is 46.0 Å². The summed E-state index contributed by atoms with van der Waals surface area (Å²) >= 11 is 1.30. The van der Waals surface area contributed by atoms with Gasteiger partial charge in [-0.05, 0) is 42.3 Å². The second kappa shape index (κ2) is 8.35. The number of aromatic nitrogens is 1. The Hall–Kier alpha value is -2.67. The summed E-state index contributed by atoms with van der Waals surface area (Å²) in [7, 11) is 4.99. The van der Waals surface area contributed by atoms with Gasteiger partial charge in [0.05, 0.1) is 20.0 Å². The molecule has 0 aliphatic heterocycles. The molecule has 142 valence electrons. The average Bonchev–Trinajstić information content (AvgIpc) is 3.10. The average molecular weight is 386 g/mol. The quantitative estimate of drug-likeness (QED) is 0.574. The van der Waals surface area contributed by atoms with Crippen LogP contribution in [0.5, 0.6) is 11.5 Å². The van der Waals surface area contributed by atoms with Crippen LogP contribution in [0, 0.1) is 6.92 Å². The first-order chi connectivity index (χ1) is 13.0. The SMILES string of the molecule is COc1cc(C)c(CN(C)C(=O)CSc2nc3ccccc3o2)cc1OC. The van der Waals surface area contributed by atoms with Crippen molar-refractivity contribution < 1.29 is 18.7 Å². The number of hydrogen-bond donors (Lipinski definition) is 0. The van der Waals surface area contributed by atoms with Gasteiger partial charge in [-0.15, -0.1) is 0 Å². The number of thioether (sulfide) groups is 1. The van der Waals surface area contributed by atoms with Gasteiger partial charge in [-0.25, -0.2) is 4.98 Å². The summed E-state index contributed by atoms with van der Waals surface area (Å²) in [5, 5.41) is 0.500. The van der Waals surface area contributed by atoms with Crippen LogP contribution < -0.4 is 9.47 Å². The molecule has 0 N–H and O–H groups in total. The van der Waals surface area contributed by atoms with Gasteiger partial charge < -0.3 is 18.8 Å². The fourth-order valence-electron chi connectivity index (χ4n) is 2.68. The molecule has 0 aliphatic rings. The number of methoxy groups -OCH3 is 2. The molecule has 1 aromatic heterocycles. The van der Waals surface area contributed by atoms with Crippen LogP contribution in [0.25, 0.3) is 11.1 Å². The minimum absolute atomic E-state index is 0.00330. The Bertz CT molecular complexity index is 921. The molecule has 27 heavy (non-hydrogen) atoms. The summed E-state index contributed by atoms with van der Waals surface area (Å²) in [6, 6.07) is 11.4. The minimum atomic E-state index is -0.00330. The van der Waals surface area contributed by atoms with Gasteiger partial charge in [-0.3, -0.25) is 4.79 Å². The van der Waals surface area contributed by atoms with E-state index in [0.717, 1.165) is 22.2 Å². The Morgan fingerprint density at radius 2 is 1.89 bits per heavy atom. The number of rotatable bonds is 7. The molecule has 0 spiro atoms. The first-order valence-electron chi connectivity index (χ1n) is 8.45. The third kappa shape index (κ3) is 4.36. The maximum Gasteiger partial charge on any atom is 0.257 e. The van der Waals surface area contributed by atoms with Crippen molar-refractivity contribution in [1.82, 2.24) is 9.88 Å². The smallest absolute Gasteiger partial charge is 0.257 e. The fraction of sp³-hybridized carbons (Fsp3) is 0.300. The largest absolute Gasteiger partial charge is 0.493 e. The number of nitrogens with zero attached hydrogens (tertiary/aromatic N) is 2. The number of para-hydroxylation sites is 2. The van der Waals surface area contributed by atoms with Gasteiger partial charge in [0.15, 0.2) is 17.1 Å². The van der Waals surface area contributed by atoms with Gasteiger partial charge in [0, 0.05) is 13.6 Å². The lowest BCUT2D eigenvalue weighted by Gasteiger charge is -2.19. The van der Waals surface area contributed by atoms with Crippen molar-refractivity contribution >= 4 is 28.8 Å². The number of ether oxygens (including phenoxy) is 2. The molecule has 0 bridgehead atoms. The number of oxazole rings is 1. The molecule has 3 rings (SSSR count). The molecule has 0 radical (unpaired) electrons. The van der Waals surface area contributed by atoms with E-state index < -0.39 is 0 Å². The molecule has 2 aromatic carbocycles. The van der Waals surface area contributed by atoms with Gasteiger partial charge in [0.2, 0.25) is 5.91 Å². The van der Waals surface area contributed by atoms with Gasteiger partial charge in [-0.2, -0.15) is 0 Å². The van der Waals surface area contributed by atoms with Crippen LogP contribution in [0.1, 0.15) is 11.1 Å². The summed E-state index contributed by atoms with van der Waals surface area (Å²) < 4.78 is 16.3. The highest BCUT2D eigenvalue weighted by atomic mass is 32.2. The second-order valence-corrected chi connectivity index (χ2v) is 7.05. The van der Waals surface area contributed by atoms with Crippen molar-refractivity contribution in [3.63, 3.8) is 0 Å². The highest BCUT2D eigenvalue weighted by Crippen LogP contribution is 2.31. The number of aryl methyl sites for hydroxylation is 1. The molecule has 3 aromatic rings. The minimum Gasteiger partial charge on any atom is -0.493 e. The molecule has 0 saturated heterocycles. The first kappa shape index (κ1) is 19.1. The maximum absolute atomic E-state index is 12.5. The van der Waals surface area contributed by atoms with Crippen LogP contribution in [-0.4, -0.2) is 42.8 Å². The summed E-state index contributed by atoms with van der Waals surface area (Å²) in [6.45, 7) is 2.47. The van der Waals surface area contributed by atoms with E-state index in [4.69, 9.17) is 13.9 Å². The normalized spacial score (nSPS) is 10.8. The van der Waals surface area contributed by atoms with Crippen molar-refractivity contribution in [3.8, 4) is 11.5 Å². The number of carbonyl (C=O) groups is 1. The van der Waals surface area contributed by atoms with E-state index in [9.17, 15) is 4.79 Å². The van der Waals surface area contributed by atoms with Crippen molar-refractivity contribution in [2.24, 2.45) is 0 Å². The zero-order chi connectivity index (χ0) is 19.4. The van der Waals surface area contributed by atoms with Crippen molar-refractivity contribution in [3.05, 3.63) is 47.5 Å². The molecule has 6 nitrogen and oxygen atoms in total. The maximum atomic E-state index is 12.5. The highest BCUT2D eigenvalue weighted by Gasteiger charge is 2.15. The summed E-state index contributed by atoms with van der Waals surface area (Å²) in [6.07, 6.45) is 0. The van der Waals surface area contributed by atoms with E-state index >= 15 is 0 Å². The zero-order valence-corrected chi connectivity index (χ0v) is 16.6. The predicted molar refractivity (Wildman–Crippen MR) is 105 cm³/mol. The molecule has 0 atom stereocenters. The molecule has 1 amide bonds. The van der Waals surface area contributed by atoms with E-state index in [1.165, 1.54) is 11.8 Å². The van der Waals surface area contributed by atoms with Crippen molar-refractivity contribution in [2.75, 3.05) is 27.0 Å². The van der Waals surface area contributed by atoms with Crippen LogP contribution >= 0.6 is 11.8 Å². The summed E-state index contributed by atoms with van der Waals surface area (Å²) in [5.74, 6) is 1.59. The third-order valence-corrected chi connectivity index (χ3v) is 5.08. The van der Waals surface area contributed by atoms with Crippen LogP contribution in [0.2, 0.25) is 0 Å². The molecular weight excluding hydrogens is 364 g/mol. The van der Waals surface area contributed by atoms with E-state index in [1.807, 2.05) is 43.3 Å². The summed E-state index contributed by atoms with van der Waals surface area (Å²) in [5.41, 5.74) is 3.57. The molecule has 7 heteroatoms. The number of fused-ring (bicyclic) bond motifs is 1.